The van der Waals surface area contributed by atoms with Crippen LogP contribution in [0.5, 0.6) is 0 Å². The van der Waals surface area contributed by atoms with Gasteiger partial charge in [0.1, 0.15) is 12.1 Å². The standard InChI is InChI=1S/C32H51N5O6/c1-8-20(25(39)28(41)33-7)34-27(40)23-21-19(32(21,5)6)16-37(23)29(42)26(31(2,3)4)36-30(43)35-22(24(38)18-14-15-18)17-12-10-9-11-13-17/h17-23,26H,8-16H2,1-7H3,(H,33,41)(H,34,40)(H2,35,36,43)/t19-,20?,21-,22-,23-,26+/m0/s1. The maximum Gasteiger partial charge on any atom is 0.316 e. The molecule has 3 aliphatic carbocycles. The molecule has 4 aliphatic rings. The first-order valence-electron chi connectivity index (χ1n) is 16.1. The average molecular weight is 602 g/mol. The summed E-state index contributed by atoms with van der Waals surface area (Å²) in [5.41, 5.74) is -0.858. The molecule has 0 bridgehead atoms. The summed E-state index contributed by atoms with van der Waals surface area (Å²) in [6.07, 6.45) is 6.95. The molecule has 11 heteroatoms. The molecule has 4 N–H and O–H groups in total. The zero-order valence-corrected chi connectivity index (χ0v) is 26.9. The molecule has 4 fully saturated rings. The summed E-state index contributed by atoms with van der Waals surface area (Å²) < 4.78 is 0. The molecule has 5 amide bonds. The van der Waals surface area contributed by atoms with Gasteiger partial charge in [-0.1, -0.05) is 60.8 Å². The summed E-state index contributed by atoms with van der Waals surface area (Å²) in [7, 11) is 1.36. The lowest BCUT2D eigenvalue weighted by Gasteiger charge is -2.38. The second-order valence-corrected chi connectivity index (χ2v) is 14.8. The van der Waals surface area contributed by atoms with E-state index in [1.54, 1.807) is 6.92 Å². The molecule has 11 nitrogen and oxygen atoms in total. The predicted molar refractivity (Wildman–Crippen MR) is 161 cm³/mol. The monoisotopic (exact) mass is 601 g/mol. The number of nitrogens with one attached hydrogen (secondary N) is 4. The lowest BCUT2D eigenvalue weighted by Crippen LogP contribution is -2.62. The molecule has 3 saturated carbocycles. The van der Waals surface area contributed by atoms with E-state index in [0.29, 0.717) is 6.54 Å². The fourth-order valence-electron chi connectivity index (χ4n) is 7.34. The third kappa shape index (κ3) is 6.90. The van der Waals surface area contributed by atoms with Gasteiger partial charge in [-0.05, 0) is 60.7 Å². The molecule has 6 atom stereocenters. The number of carbonyl (C=O) groups is 6. The fraction of sp³-hybridized carbons (Fsp3) is 0.812. The number of ketones is 2. The number of carbonyl (C=O) groups excluding carboxylic acids is 6. The minimum atomic E-state index is -1.01. The van der Waals surface area contributed by atoms with Crippen LogP contribution in [0.25, 0.3) is 0 Å². The molecule has 0 aromatic rings. The quantitative estimate of drug-likeness (QED) is 0.267. The van der Waals surface area contributed by atoms with E-state index in [1.165, 1.54) is 11.9 Å². The average Bonchev–Trinajstić information content (AvgIpc) is 3.85. The summed E-state index contributed by atoms with van der Waals surface area (Å²) in [5, 5.41) is 10.9. The van der Waals surface area contributed by atoms with Crippen LogP contribution in [0.1, 0.15) is 92.9 Å². The first kappa shape index (κ1) is 32.9. The Morgan fingerprint density at radius 3 is 2.07 bits per heavy atom. The molecule has 1 heterocycles. The maximum absolute atomic E-state index is 14.2. The van der Waals surface area contributed by atoms with Crippen LogP contribution in [0.3, 0.4) is 0 Å². The van der Waals surface area contributed by atoms with Crippen LogP contribution in [0.4, 0.5) is 4.79 Å². The van der Waals surface area contributed by atoms with E-state index in [1.807, 2.05) is 20.8 Å². The number of urea groups is 1. The summed E-state index contributed by atoms with van der Waals surface area (Å²) in [5.74, 6) is -2.18. The SMILES string of the molecule is CCC(NC(=O)[C@@H]1[C@@H]2[C@H](CN1C(=O)[C@@H](NC(=O)N[C@H](C(=O)C1CC1)C1CCCCC1)C(C)(C)C)C2(C)C)C(=O)C(=O)NC. The van der Waals surface area contributed by atoms with E-state index in [-0.39, 0.29) is 47.2 Å². The number of Topliss-reactive ketones (excluding diaryl/α,β-unsaturated/α-hetero) is 2. The number of rotatable bonds is 11. The minimum absolute atomic E-state index is 0.00783. The highest BCUT2D eigenvalue weighted by Gasteiger charge is 2.70. The minimum Gasteiger partial charge on any atom is -0.353 e. The third-order valence-corrected chi connectivity index (χ3v) is 10.3. The highest BCUT2D eigenvalue weighted by Crippen LogP contribution is 2.65. The van der Waals surface area contributed by atoms with Crippen molar-refractivity contribution in [1.82, 2.24) is 26.2 Å². The van der Waals surface area contributed by atoms with Crippen molar-refractivity contribution >= 4 is 35.3 Å². The van der Waals surface area contributed by atoms with Gasteiger partial charge in [-0.3, -0.25) is 24.0 Å². The second kappa shape index (κ2) is 12.6. The van der Waals surface area contributed by atoms with Crippen molar-refractivity contribution in [3.63, 3.8) is 0 Å². The lowest BCUT2D eigenvalue weighted by molar-refractivity contribution is -0.145. The number of likely N-dealkylation sites (N-methyl/N-ethyl adjacent to an activating group) is 1. The number of piperidine rings is 1. The molecule has 0 aromatic heterocycles. The number of hydrogen-bond donors (Lipinski definition) is 4. The molecule has 43 heavy (non-hydrogen) atoms. The summed E-state index contributed by atoms with van der Waals surface area (Å²) in [4.78, 5) is 80.7. The van der Waals surface area contributed by atoms with E-state index in [9.17, 15) is 28.8 Å². The molecule has 4 rings (SSSR count). The van der Waals surface area contributed by atoms with E-state index in [4.69, 9.17) is 0 Å². The predicted octanol–water partition coefficient (Wildman–Crippen LogP) is 2.32. The second-order valence-electron chi connectivity index (χ2n) is 14.8. The molecule has 240 valence electrons. The Bertz CT molecular complexity index is 1140. The molecule has 0 radical (unpaired) electrons. The molecule has 1 unspecified atom stereocenters. The van der Waals surface area contributed by atoms with E-state index < -0.39 is 53.2 Å². The molecular weight excluding hydrogens is 550 g/mol. The van der Waals surface area contributed by atoms with Crippen LogP contribution in [0.2, 0.25) is 0 Å². The van der Waals surface area contributed by atoms with Crippen molar-refractivity contribution in [3.8, 4) is 0 Å². The fourth-order valence-corrected chi connectivity index (χ4v) is 7.34. The van der Waals surface area contributed by atoms with Crippen molar-refractivity contribution in [3.05, 3.63) is 0 Å². The summed E-state index contributed by atoms with van der Waals surface area (Å²) >= 11 is 0. The number of hydrogen-bond acceptors (Lipinski definition) is 6. The van der Waals surface area contributed by atoms with Crippen molar-refractivity contribution in [2.75, 3.05) is 13.6 Å². The van der Waals surface area contributed by atoms with Crippen molar-refractivity contribution in [2.24, 2.45) is 34.5 Å². The summed E-state index contributed by atoms with van der Waals surface area (Å²) in [6, 6.07) is -3.91. The van der Waals surface area contributed by atoms with Gasteiger partial charge in [0, 0.05) is 19.5 Å². The van der Waals surface area contributed by atoms with Gasteiger partial charge >= 0.3 is 6.03 Å². The highest BCUT2D eigenvalue weighted by atomic mass is 16.2. The van der Waals surface area contributed by atoms with Gasteiger partial charge in [-0.25, -0.2) is 4.79 Å². The first-order chi connectivity index (χ1) is 20.1. The van der Waals surface area contributed by atoms with Gasteiger partial charge < -0.3 is 26.2 Å². The van der Waals surface area contributed by atoms with Crippen LogP contribution < -0.4 is 21.3 Å². The lowest BCUT2D eigenvalue weighted by atomic mass is 9.81. The molecule has 1 aliphatic heterocycles. The smallest absolute Gasteiger partial charge is 0.316 e. The Kier molecular flexibility index (Phi) is 9.61. The zero-order chi connectivity index (χ0) is 31.9. The van der Waals surface area contributed by atoms with Gasteiger partial charge in [0.2, 0.25) is 17.6 Å². The normalized spacial score (nSPS) is 26.8. The van der Waals surface area contributed by atoms with Gasteiger partial charge in [-0.15, -0.1) is 0 Å². The van der Waals surface area contributed by atoms with Crippen molar-refractivity contribution < 1.29 is 28.8 Å². The van der Waals surface area contributed by atoms with E-state index in [2.05, 4.69) is 35.1 Å². The zero-order valence-electron chi connectivity index (χ0n) is 26.9. The van der Waals surface area contributed by atoms with E-state index >= 15 is 0 Å². The van der Waals surface area contributed by atoms with Crippen LogP contribution in [0.15, 0.2) is 0 Å². The Morgan fingerprint density at radius 1 is 0.907 bits per heavy atom. The van der Waals surface area contributed by atoms with Crippen LogP contribution in [0, 0.1) is 34.5 Å². The number of amides is 5. The molecule has 0 aromatic carbocycles. The van der Waals surface area contributed by atoms with Crippen LogP contribution >= 0.6 is 0 Å². The highest BCUT2D eigenvalue weighted by molar-refractivity contribution is 6.38. The van der Waals surface area contributed by atoms with Gasteiger partial charge in [0.05, 0.1) is 12.1 Å². The maximum atomic E-state index is 14.2. The largest absolute Gasteiger partial charge is 0.353 e. The molecule has 1 saturated heterocycles. The molecule has 0 spiro atoms. The Hall–Kier alpha value is -2.98. The van der Waals surface area contributed by atoms with Gasteiger partial charge in [0.25, 0.3) is 5.91 Å². The topological polar surface area (TPSA) is 154 Å². The van der Waals surface area contributed by atoms with Gasteiger partial charge in [-0.2, -0.15) is 0 Å². The van der Waals surface area contributed by atoms with E-state index in [0.717, 1.165) is 44.9 Å². The van der Waals surface area contributed by atoms with Crippen molar-refractivity contribution in [1.29, 1.82) is 0 Å². The Morgan fingerprint density at radius 2 is 1.53 bits per heavy atom. The third-order valence-electron chi connectivity index (χ3n) is 10.3. The molecular formula is C32H51N5O6. The van der Waals surface area contributed by atoms with Crippen LogP contribution in [-0.4, -0.2) is 78.0 Å². The van der Waals surface area contributed by atoms with Gasteiger partial charge in [0.15, 0.2) is 5.78 Å². The summed E-state index contributed by atoms with van der Waals surface area (Å²) in [6.45, 7) is 11.8. The number of nitrogens with zero attached hydrogens (tertiary/aromatic N) is 1. The number of fused-ring (bicyclic) bond motifs is 1. The van der Waals surface area contributed by atoms with Crippen molar-refractivity contribution in [2.45, 2.75) is 117 Å². The number of likely N-dealkylation sites (tertiary alicyclic amines) is 1. The first-order valence-corrected chi connectivity index (χ1v) is 16.1. The Balaban J connectivity index is 1.51. The van der Waals surface area contributed by atoms with Crippen LogP contribution in [-0.2, 0) is 24.0 Å². The Labute approximate surface area is 255 Å².